The molecule has 2 heteroatoms. The van der Waals surface area contributed by atoms with Gasteiger partial charge in [0.25, 0.3) is 0 Å². The third-order valence-electron chi connectivity index (χ3n) is 1.06. The average molecular weight is 155 g/mol. The Morgan fingerprint density at radius 1 is 1.45 bits per heavy atom. The van der Waals surface area contributed by atoms with Gasteiger partial charge >= 0.3 is 0 Å². The molecular formula is C9H17NO. The topological polar surface area (TPSA) is 46.2 Å². The van der Waals surface area contributed by atoms with E-state index < -0.39 is 0 Å². The van der Waals surface area contributed by atoms with E-state index in [4.69, 9.17) is 10.8 Å². The Morgan fingerprint density at radius 2 is 2.00 bits per heavy atom. The minimum Gasteiger partial charge on any atom is -0.395 e. The summed E-state index contributed by atoms with van der Waals surface area (Å²) < 4.78 is 0. The number of hydrogen-bond donors (Lipinski definition) is 2. The van der Waals surface area contributed by atoms with Crippen molar-refractivity contribution in [3.63, 3.8) is 0 Å². The van der Waals surface area contributed by atoms with Crippen LogP contribution in [0.25, 0.3) is 0 Å². The van der Waals surface area contributed by atoms with Crippen LogP contribution >= 0.6 is 0 Å². The molecule has 0 saturated heterocycles. The van der Waals surface area contributed by atoms with Crippen LogP contribution in [0.4, 0.5) is 0 Å². The van der Waals surface area contributed by atoms with Crippen molar-refractivity contribution in [3.8, 4) is 11.8 Å². The van der Waals surface area contributed by atoms with Crippen molar-refractivity contribution in [2.45, 2.75) is 33.2 Å². The maximum absolute atomic E-state index is 8.57. The number of aliphatic hydroxyl groups excluding tert-OH is 1. The molecule has 0 aromatic rings. The zero-order valence-electron chi connectivity index (χ0n) is 7.52. The first-order chi connectivity index (χ1) is 4.95. The van der Waals surface area contributed by atoms with Gasteiger partial charge in [-0.2, -0.15) is 0 Å². The third-order valence-corrected chi connectivity index (χ3v) is 1.06. The lowest BCUT2D eigenvalue weighted by Gasteiger charge is -2.07. The van der Waals surface area contributed by atoms with Crippen LogP contribution < -0.4 is 5.73 Å². The van der Waals surface area contributed by atoms with Gasteiger partial charge in [0.15, 0.2) is 0 Å². The second-order valence-corrected chi connectivity index (χ2v) is 3.70. The van der Waals surface area contributed by atoms with E-state index in [2.05, 4.69) is 11.8 Å². The largest absolute Gasteiger partial charge is 0.395 e. The van der Waals surface area contributed by atoms with Crippen molar-refractivity contribution in [1.29, 1.82) is 0 Å². The molecule has 0 aliphatic heterocycles. The van der Waals surface area contributed by atoms with Gasteiger partial charge in [-0.1, -0.05) is 5.92 Å². The van der Waals surface area contributed by atoms with Gasteiger partial charge < -0.3 is 10.8 Å². The first-order valence-corrected chi connectivity index (χ1v) is 3.82. The second kappa shape index (κ2) is 4.38. The van der Waals surface area contributed by atoms with E-state index in [1.54, 1.807) is 0 Å². The highest BCUT2D eigenvalue weighted by Gasteiger charge is 2.03. The zero-order chi connectivity index (χ0) is 8.91. The van der Waals surface area contributed by atoms with Gasteiger partial charge in [0.1, 0.15) is 0 Å². The molecule has 1 atom stereocenters. The van der Waals surface area contributed by atoms with Crippen LogP contribution in [-0.2, 0) is 0 Å². The van der Waals surface area contributed by atoms with Crippen molar-refractivity contribution in [2.24, 2.45) is 11.1 Å². The van der Waals surface area contributed by atoms with Gasteiger partial charge in [-0.15, -0.1) is 5.92 Å². The van der Waals surface area contributed by atoms with E-state index in [1.165, 1.54) is 0 Å². The molecule has 0 aliphatic rings. The van der Waals surface area contributed by atoms with E-state index in [9.17, 15) is 0 Å². The van der Waals surface area contributed by atoms with Crippen molar-refractivity contribution in [3.05, 3.63) is 0 Å². The molecule has 0 radical (unpaired) electrons. The van der Waals surface area contributed by atoms with Gasteiger partial charge in [0, 0.05) is 17.9 Å². The summed E-state index contributed by atoms with van der Waals surface area (Å²) in [4.78, 5) is 0. The predicted octanol–water partition coefficient (Wildman–Crippen LogP) is 0.746. The summed E-state index contributed by atoms with van der Waals surface area (Å²) in [7, 11) is 0. The van der Waals surface area contributed by atoms with Crippen LogP contribution in [0, 0.1) is 17.3 Å². The van der Waals surface area contributed by atoms with E-state index >= 15 is 0 Å². The highest BCUT2D eigenvalue weighted by atomic mass is 16.3. The van der Waals surface area contributed by atoms with Gasteiger partial charge in [-0.3, -0.25) is 0 Å². The lowest BCUT2D eigenvalue weighted by Crippen LogP contribution is -2.23. The van der Waals surface area contributed by atoms with Crippen LogP contribution in [0.3, 0.4) is 0 Å². The Labute approximate surface area is 68.8 Å². The van der Waals surface area contributed by atoms with Crippen molar-refractivity contribution >= 4 is 0 Å². The molecule has 2 nitrogen and oxygen atoms in total. The van der Waals surface area contributed by atoms with Crippen LogP contribution in [0.5, 0.6) is 0 Å². The molecule has 0 fully saturated rings. The summed E-state index contributed by atoms with van der Waals surface area (Å²) >= 11 is 0. The Balaban J connectivity index is 3.73. The Kier molecular flexibility index (Phi) is 4.17. The molecule has 0 spiro atoms. The van der Waals surface area contributed by atoms with E-state index in [-0.39, 0.29) is 18.1 Å². The van der Waals surface area contributed by atoms with Gasteiger partial charge in [-0.05, 0) is 20.8 Å². The highest BCUT2D eigenvalue weighted by Crippen LogP contribution is 2.09. The number of nitrogens with two attached hydrogens (primary N) is 1. The quantitative estimate of drug-likeness (QED) is 0.578. The second-order valence-electron chi connectivity index (χ2n) is 3.70. The summed E-state index contributed by atoms with van der Waals surface area (Å²) in [6.07, 6.45) is 0.577. The first-order valence-electron chi connectivity index (χ1n) is 3.82. The molecule has 0 heterocycles. The lowest BCUT2D eigenvalue weighted by atomic mass is 9.97. The zero-order valence-corrected chi connectivity index (χ0v) is 7.52. The summed E-state index contributed by atoms with van der Waals surface area (Å²) in [6, 6.07) is -0.190. The fourth-order valence-corrected chi connectivity index (χ4v) is 0.512. The SMILES string of the molecule is CC(C)(C)C#CCC(N)CO. The van der Waals surface area contributed by atoms with Gasteiger partial charge in [-0.25, -0.2) is 0 Å². The molecule has 1 unspecified atom stereocenters. The van der Waals surface area contributed by atoms with Gasteiger partial charge in [0.05, 0.1) is 6.61 Å². The number of aliphatic hydroxyl groups is 1. The minimum absolute atomic E-state index is 0.0127. The molecule has 0 aromatic heterocycles. The summed E-state index contributed by atoms with van der Waals surface area (Å²) in [5.41, 5.74) is 5.49. The summed E-state index contributed by atoms with van der Waals surface area (Å²) in [6.45, 7) is 6.15. The molecule has 0 amide bonds. The molecule has 0 bridgehead atoms. The standard InChI is InChI=1S/C9H17NO/c1-9(2,3)6-4-5-8(10)7-11/h8,11H,5,7,10H2,1-3H3. The van der Waals surface area contributed by atoms with Crippen LogP contribution in [0.15, 0.2) is 0 Å². The Morgan fingerprint density at radius 3 is 2.36 bits per heavy atom. The van der Waals surface area contributed by atoms with E-state index in [0.717, 1.165) is 0 Å². The van der Waals surface area contributed by atoms with Crippen LogP contribution in [0.1, 0.15) is 27.2 Å². The third kappa shape index (κ3) is 7.38. The number of hydrogen-bond acceptors (Lipinski definition) is 2. The molecule has 0 saturated carbocycles. The molecule has 3 N–H and O–H groups in total. The molecular weight excluding hydrogens is 138 g/mol. The van der Waals surface area contributed by atoms with Gasteiger partial charge in [0.2, 0.25) is 0 Å². The smallest absolute Gasteiger partial charge is 0.0591 e. The summed E-state index contributed by atoms with van der Waals surface area (Å²) in [5.74, 6) is 5.99. The fraction of sp³-hybridized carbons (Fsp3) is 0.778. The van der Waals surface area contributed by atoms with Crippen LogP contribution in [0.2, 0.25) is 0 Å². The van der Waals surface area contributed by atoms with Crippen molar-refractivity contribution < 1.29 is 5.11 Å². The highest BCUT2D eigenvalue weighted by molar-refractivity contribution is 5.08. The molecule has 0 aliphatic carbocycles. The Hall–Kier alpha value is -0.520. The molecule has 11 heavy (non-hydrogen) atoms. The molecule has 0 rings (SSSR count). The minimum atomic E-state index is -0.190. The fourth-order valence-electron chi connectivity index (χ4n) is 0.512. The molecule has 0 aromatic carbocycles. The van der Waals surface area contributed by atoms with Crippen molar-refractivity contribution in [2.75, 3.05) is 6.61 Å². The maximum Gasteiger partial charge on any atom is 0.0591 e. The van der Waals surface area contributed by atoms with Crippen molar-refractivity contribution in [1.82, 2.24) is 0 Å². The lowest BCUT2D eigenvalue weighted by molar-refractivity contribution is 0.267. The number of rotatable bonds is 2. The normalized spacial score (nSPS) is 13.5. The monoisotopic (exact) mass is 155 g/mol. The average Bonchev–Trinajstić information content (AvgIpc) is 1.85. The first kappa shape index (κ1) is 10.5. The predicted molar refractivity (Wildman–Crippen MR) is 46.9 cm³/mol. The Bertz CT molecular complexity index is 159. The van der Waals surface area contributed by atoms with E-state index in [1.807, 2.05) is 20.8 Å². The summed E-state index contributed by atoms with van der Waals surface area (Å²) in [5, 5.41) is 8.57. The van der Waals surface area contributed by atoms with Crippen LogP contribution in [-0.4, -0.2) is 17.8 Å². The van der Waals surface area contributed by atoms with E-state index in [0.29, 0.717) is 6.42 Å². The maximum atomic E-state index is 8.57. The molecule has 64 valence electrons.